The standard InChI is InChI=1S/C11H24N2O4S/c1-4-17-10-8-9(11(10)16-2)12-6-5-7-13-18(3,14)15/h9-13H,4-8H2,1-3H3. The first-order valence-corrected chi connectivity index (χ1v) is 8.19. The van der Waals surface area contributed by atoms with Crippen molar-refractivity contribution >= 4 is 10.0 Å². The molecule has 3 unspecified atom stereocenters. The summed E-state index contributed by atoms with van der Waals surface area (Å²) >= 11 is 0. The van der Waals surface area contributed by atoms with Crippen LogP contribution in [-0.2, 0) is 19.5 Å². The lowest BCUT2D eigenvalue weighted by Crippen LogP contribution is -2.60. The third kappa shape index (κ3) is 5.19. The lowest BCUT2D eigenvalue weighted by Gasteiger charge is -2.43. The average Bonchev–Trinajstić information content (AvgIpc) is 2.24. The van der Waals surface area contributed by atoms with Gasteiger partial charge in [0.15, 0.2) is 0 Å². The van der Waals surface area contributed by atoms with Crippen LogP contribution in [0.15, 0.2) is 0 Å². The van der Waals surface area contributed by atoms with Crippen molar-refractivity contribution in [3.8, 4) is 0 Å². The molecule has 0 bridgehead atoms. The van der Waals surface area contributed by atoms with Gasteiger partial charge in [0.05, 0.1) is 18.5 Å². The Morgan fingerprint density at radius 3 is 2.61 bits per heavy atom. The molecule has 1 saturated carbocycles. The van der Waals surface area contributed by atoms with E-state index < -0.39 is 10.0 Å². The van der Waals surface area contributed by atoms with Crippen LogP contribution in [0.2, 0.25) is 0 Å². The van der Waals surface area contributed by atoms with Crippen LogP contribution in [0.5, 0.6) is 0 Å². The molecule has 2 N–H and O–H groups in total. The predicted octanol–water partition coefficient (Wildman–Crippen LogP) is -0.292. The van der Waals surface area contributed by atoms with Crippen molar-refractivity contribution in [2.45, 2.75) is 38.0 Å². The number of nitrogens with one attached hydrogen (secondary N) is 2. The van der Waals surface area contributed by atoms with E-state index in [1.54, 1.807) is 7.11 Å². The first kappa shape index (κ1) is 15.8. The second-order valence-corrected chi connectivity index (χ2v) is 6.34. The summed E-state index contributed by atoms with van der Waals surface area (Å²) in [6, 6.07) is 0.310. The number of sulfonamides is 1. The SMILES string of the molecule is CCOC1CC(NCCCNS(C)(=O)=O)C1OC. The number of hydrogen-bond donors (Lipinski definition) is 2. The van der Waals surface area contributed by atoms with Crippen LogP contribution in [-0.4, -0.2) is 59.7 Å². The van der Waals surface area contributed by atoms with Crippen molar-refractivity contribution < 1.29 is 17.9 Å². The molecule has 0 heterocycles. The molecule has 1 fully saturated rings. The molecule has 0 radical (unpaired) electrons. The highest BCUT2D eigenvalue weighted by molar-refractivity contribution is 7.88. The van der Waals surface area contributed by atoms with Crippen molar-refractivity contribution in [3.63, 3.8) is 0 Å². The summed E-state index contributed by atoms with van der Waals surface area (Å²) in [5, 5.41) is 3.35. The molecule has 0 saturated heterocycles. The van der Waals surface area contributed by atoms with Gasteiger partial charge in [-0.2, -0.15) is 0 Å². The highest BCUT2D eigenvalue weighted by Gasteiger charge is 2.41. The summed E-state index contributed by atoms with van der Waals surface area (Å²) in [5.41, 5.74) is 0. The molecule has 0 aliphatic heterocycles. The second kappa shape index (κ2) is 7.40. The van der Waals surface area contributed by atoms with Gasteiger partial charge in [0.25, 0.3) is 0 Å². The zero-order chi connectivity index (χ0) is 13.6. The van der Waals surface area contributed by atoms with Crippen molar-refractivity contribution in [3.05, 3.63) is 0 Å². The van der Waals surface area contributed by atoms with Gasteiger partial charge in [0.2, 0.25) is 10.0 Å². The maximum Gasteiger partial charge on any atom is 0.208 e. The fourth-order valence-corrected chi connectivity index (χ4v) is 2.62. The monoisotopic (exact) mass is 280 g/mol. The van der Waals surface area contributed by atoms with Gasteiger partial charge in [-0.05, 0) is 26.3 Å². The Morgan fingerprint density at radius 1 is 1.33 bits per heavy atom. The van der Waals surface area contributed by atoms with Gasteiger partial charge in [-0.1, -0.05) is 0 Å². The highest BCUT2D eigenvalue weighted by atomic mass is 32.2. The molecule has 1 aliphatic rings. The molecule has 1 aliphatic carbocycles. The number of methoxy groups -OCH3 is 1. The van der Waals surface area contributed by atoms with E-state index in [1.165, 1.54) is 6.26 Å². The van der Waals surface area contributed by atoms with Gasteiger partial charge in [-0.25, -0.2) is 13.1 Å². The molecule has 1 rings (SSSR count). The van der Waals surface area contributed by atoms with Gasteiger partial charge < -0.3 is 14.8 Å². The Balaban J connectivity index is 2.10. The Bertz CT molecular complexity index is 334. The number of ether oxygens (including phenoxy) is 2. The minimum Gasteiger partial charge on any atom is -0.377 e. The van der Waals surface area contributed by atoms with Crippen molar-refractivity contribution in [2.24, 2.45) is 0 Å². The summed E-state index contributed by atoms with van der Waals surface area (Å²) in [6.45, 7) is 3.91. The molecular weight excluding hydrogens is 256 g/mol. The Labute approximate surface area is 109 Å². The summed E-state index contributed by atoms with van der Waals surface area (Å²) in [5.74, 6) is 0. The summed E-state index contributed by atoms with van der Waals surface area (Å²) in [6.07, 6.45) is 3.17. The first-order valence-electron chi connectivity index (χ1n) is 6.30. The maximum absolute atomic E-state index is 10.8. The van der Waals surface area contributed by atoms with Crippen LogP contribution in [0.25, 0.3) is 0 Å². The van der Waals surface area contributed by atoms with Gasteiger partial charge in [0, 0.05) is 26.3 Å². The lowest BCUT2D eigenvalue weighted by atomic mass is 9.85. The fraction of sp³-hybridized carbons (Fsp3) is 1.00. The van der Waals surface area contributed by atoms with E-state index >= 15 is 0 Å². The van der Waals surface area contributed by atoms with Gasteiger partial charge in [0.1, 0.15) is 0 Å². The Hall–Kier alpha value is -0.210. The van der Waals surface area contributed by atoms with Gasteiger partial charge in [-0.3, -0.25) is 0 Å². The van der Waals surface area contributed by atoms with E-state index in [9.17, 15) is 8.42 Å². The van der Waals surface area contributed by atoms with Gasteiger partial charge in [-0.15, -0.1) is 0 Å². The number of rotatable bonds is 9. The second-order valence-electron chi connectivity index (χ2n) is 4.51. The summed E-state index contributed by atoms with van der Waals surface area (Å²) < 4.78 is 35.0. The molecule has 0 aromatic heterocycles. The average molecular weight is 280 g/mol. The van der Waals surface area contributed by atoms with Crippen LogP contribution in [0.4, 0.5) is 0 Å². The topological polar surface area (TPSA) is 76.7 Å². The van der Waals surface area contributed by atoms with E-state index in [1.807, 2.05) is 6.92 Å². The molecule has 3 atom stereocenters. The molecule has 18 heavy (non-hydrogen) atoms. The zero-order valence-corrected chi connectivity index (χ0v) is 12.1. The smallest absolute Gasteiger partial charge is 0.208 e. The number of hydrogen-bond acceptors (Lipinski definition) is 5. The van der Waals surface area contributed by atoms with Crippen molar-refractivity contribution in [1.82, 2.24) is 10.0 Å². The predicted molar refractivity (Wildman–Crippen MR) is 70.1 cm³/mol. The van der Waals surface area contributed by atoms with Crippen LogP contribution < -0.4 is 10.0 Å². The van der Waals surface area contributed by atoms with Crippen LogP contribution in [0.1, 0.15) is 19.8 Å². The van der Waals surface area contributed by atoms with Crippen LogP contribution >= 0.6 is 0 Å². The largest absolute Gasteiger partial charge is 0.377 e. The summed E-state index contributed by atoms with van der Waals surface area (Å²) in [4.78, 5) is 0. The van der Waals surface area contributed by atoms with Crippen LogP contribution in [0, 0.1) is 0 Å². The molecule has 108 valence electrons. The van der Waals surface area contributed by atoms with E-state index in [-0.39, 0.29) is 12.2 Å². The maximum atomic E-state index is 10.8. The fourth-order valence-electron chi connectivity index (χ4n) is 2.11. The van der Waals surface area contributed by atoms with E-state index in [2.05, 4.69) is 10.0 Å². The Morgan fingerprint density at radius 2 is 2.06 bits per heavy atom. The molecular formula is C11H24N2O4S. The summed E-state index contributed by atoms with van der Waals surface area (Å²) in [7, 11) is -1.38. The minimum absolute atomic E-state index is 0.104. The third-order valence-electron chi connectivity index (χ3n) is 3.03. The molecule has 6 nitrogen and oxygen atoms in total. The minimum atomic E-state index is -3.07. The highest BCUT2D eigenvalue weighted by Crippen LogP contribution is 2.26. The van der Waals surface area contributed by atoms with Gasteiger partial charge >= 0.3 is 0 Å². The Kier molecular flexibility index (Phi) is 6.51. The van der Waals surface area contributed by atoms with E-state index in [0.717, 1.165) is 19.4 Å². The zero-order valence-electron chi connectivity index (χ0n) is 11.3. The normalized spacial score (nSPS) is 28.1. The molecule has 0 aromatic carbocycles. The lowest BCUT2D eigenvalue weighted by molar-refractivity contribution is -0.131. The molecule has 0 aromatic rings. The van der Waals surface area contributed by atoms with Crippen molar-refractivity contribution in [2.75, 3.05) is 33.1 Å². The van der Waals surface area contributed by atoms with E-state index in [0.29, 0.717) is 19.2 Å². The van der Waals surface area contributed by atoms with E-state index in [4.69, 9.17) is 9.47 Å². The van der Waals surface area contributed by atoms with Crippen LogP contribution in [0.3, 0.4) is 0 Å². The van der Waals surface area contributed by atoms with Crippen molar-refractivity contribution in [1.29, 1.82) is 0 Å². The molecule has 0 spiro atoms. The quantitative estimate of drug-likeness (QED) is 0.568. The third-order valence-corrected chi connectivity index (χ3v) is 3.75. The first-order chi connectivity index (χ1) is 8.48. The molecule has 0 amide bonds. The molecule has 7 heteroatoms.